The fraction of sp³-hybridized carbons (Fsp3) is 0.778. The summed E-state index contributed by atoms with van der Waals surface area (Å²) in [4.78, 5) is 0. The topological polar surface area (TPSA) is 0 Å². The summed E-state index contributed by atoms with van der Waals surface area (Å²) in [6.07, 6.45) is 15.5. The van der Waals surface area contributed by atoms with E-state index in [0.29, 0.717) is 0 Å². The van der Waals surface area contributed by atoms with Crippen LogP contribution in [0.3, 0.4) is 0 Å². The number of hydrogen-bond donors (Lipinski definition) is 0. The Bertz CT molecular complexity index is 269. The second kappa shape index (κ2) is 19.0. The van der Waals surface area contributed by atoms with Crippen LogP contribution in [0.2, 0.25) is 0 Å². The standard InChI is InChI=1S/C18H30P2/c1-3-5-7-9-11-13-15-17-19-20-18-16-14-12-10-8-6-4-2/h3-14H2,1-2H3. The first-order valence-electron chi connectivity index (χ1n) is 8.27. The first-order chi connectivity index (χ1) is 9.91. The maximum atomic E-state index is 3.25. The monoisotopic (exact) mass is 308 g/mol. The SMILES string of the molecule is CCCCCCCC#C[P][P]C#CCCCCCCC. The Morgan fingerprint density at radius 3 is 1.35 bits per heavy atom. The minimum absolute atomic E-state index is 1.07. The molecule has 0 saturated heterocycles. The Labute approximate surface area is 131 Å². The van der Waals surface area contributed by atoms with Crippen molar-refractivity contribution in [1.29, 1.82) is 0 Å². The van der Waals surface area contributed by atoms with Gasteiger partial charge in [0, 0.05) is 12.8 Å². The molecule has 20 heavy (non-hydrogen) atoms. The lowest BCUT2D eigenvalue weighted by Crippen LogP contribution is -1.75. The van der Waals surface area contributed by atoms with Crippen LogP contribution in [0.1, 0.15) is 90.9 Å². The van der Waals surface area contributed by atoms with Gasteiger partial charge in [-0.3, -0.25) is 0 Å². The third-order valence-corrected chi connectivity index (χ3v) is 4.64. The van der Waals surface area contributed by atoms with Crippen LogP contribution in [0.25, 0.3) is 0 Å². The molecule has 2 radical (unpaired) electrons. The Morgan fingerprint density at radius 2 is 0.950 bits per heavy atom. The van der Waals surface area contributed by atoms with E-state index in [0.717, 1.165) is 29.4 Å². The van der Waals surface area contributed by atoms with Gasteiger partial charge >= 0.3 is 0 Å². The molecule has 0 unspecified atom stereocenters. The first kappa shape index (κ1) is 20.0. The van der Waals surface area contributed by atoms with E-state index in [1.165, 1.54) is 64.2 Å². The molecule has 0 aliphatic rings. The third kappa shape index (κ3) is 18.0. The molecule has 0 heterocycles. The molecule has 0 aliphatic heterocycles. The predicted octanol–water partition coefficient (Wildman–Crippen LogP) is 7.44. The molecule has 0 aromatic heterocycles. The zero-order valence-electron chi connectivity index (χ0n) is 13.4. The van der Waals surface area contributed by atoms with Crippen LogP contribution in [-0.4, -0.2) is 0 Å². The van der Waals surface area contributed by atoms with Crippen molar-refractivity contribution in [1.82, 2.24) is 0 Å². The third-order valence-electron chi connectivity index (χ3n) is 3.12. The molecule has 0 nitrogen and oxygen atoms in total. The smallest absolute Gasteiger partial charge is 0.0586 e. The van der Waals surface area contributed by atoms with E-state index in [1.54, 1.807) is 0 Å². The molecular formula is C18H30P2. The highest BCUT2D eigenvalue weighted by molar-refractivity contribution is 8.16. The zero-order chi connectivity index (χ0) is 14.7. The van der Waals surface area contributed by atoms with Crippen LogP contribution in [-0.2, 0) is 0 Å². The second-order valence-electron chi connectivity index (χ2n) is 5.11. The summed E-state index contributed by atoms with van der Waals surface area (Å²) in [5.41, 5.74) is 6.40. The fourth-order valence-electron chi connectivity index (χ4n) is 1.87. The quantitative estimate of drug-likeness (QED) is 0.211. The lowest BCUT2D eigenvalue weighted by atomic mass is 10.1. The summed E-state index contributed by atoms with van der Waals surface area (Å²) in [7, 11) is 2.33. The van der Waals surface area contributed by atoms with Crippen molar-refractivity contribution in [3.8, 4) is 23.2 Å². The van der Waals surface area contributed by atoms with E-state index in [4.69, 9.17) is 0 Å². The highest BCUT2D eigenvalue weighted by Gasteiger charge is 1.87. The molecule has 0 atom stereocenters. The lowest BCUT2D eigenvalue weighted by molar-refractivity contribution is 0.641. The minimum Gasteiger partial charge on any atom is -0.0979 e. The van der Waals surface area contributed by atoms with Gasteiger partial charge in [0.1, 0.15) is 0 Å². The first-order valence-corrected chi connectivity index (χ1v) is 10.8. The molecule has 0 aromatic carbocycles. The van der Waals surface area contributed by atoms with E-state index in [-0.39, 0.29) is 0 Å². The van der Waals surface area contributed by atoms with Crippen molar-refractivity contribution in [2.45, 2.75) is 90.9 Å². The number of rotatable bonds is 11. The van der Waals surface area contributed by atoms with Gasteiger partial charge in [-0.15, -0.1) is 0 Å². The van der Waals surface area contributed by atoms with Gasteiger partial charge in [0.15, 0.2) is 0 Å². The van der Waals surface area contributed by atoms with Crippen LogP contribution in [0.4, 0.5) is 0 Å². The predicted molar refractivity (Wildman–Crippen MR) is 96.1 cm³/mol. The summed E-state index contributed by atoms with van der Waals surface area (Å²) in [5.74, 6) is 6.50. The normalized spacial score (nSPS) is 10.7. The molecule has 0 aliphatic carbocycles. The Balaban J connectivity index is 3.23. The van der Waals surface area contributed by atoms with Crippen LogP contribution in [0.15, 0.2) is 0 Å². The Morgan fingerprint density at radius 1 is 0.550 bits per heavy atom. The summed E-state index contributed by atoms with van der Waals surface area (Å²) < 4.78 is 0. The summed E-state index contributed by atoms with van der Waals surface area (Å²) >= 11 is 0. The number of unbranched alkanes of at least 4 members (excludes halogenated alkanes) is 10. The van der Waals surface area contributed by atoms with Crippen LogP contribution in [0.5, 0.6) is 0 Å². The van der Waals surface area contributed by atoms with E-state index in [9.17, 15) is 0 Å². The molecule has 0 N–H and O–H groups in total. The van der Waals surface area contributed by atoms with E-state index in [1.807, 2.05) is 0 Å². The van der Waals surface area contributed by atoms with Crippen LogP contribution >= 0.6 is 16.5 Å². The molecule has 0 bridgehead atoms. The molecule has 0 aromatic rings. The van der Waals surface area contributed by atoms with Gasteiger partial charge in [-0.1, -0.05) is 88.4 Å². The summed E-state index contributed by atoms with van der Waals surface area (Å²) in [6.45, 7) is 4.51. The van der Waals surface area contributed by atoms with Gasteiger partial charge in [-0.2, -0.15) is 0 Å². The van der Waals surface area contributed by atoms with Gasteiger partial charge in [0.2, 0.25) is 0 Å². The van der Waals surface area contributed by atoms with Crippen LogP contribution in [0, 0.1) is 23.2 Å². The highest BCUT2D eigenvalue weighted by Crippen LogP contribution is 2.33. The van der Waals surface area contributed by atoms with Crippen molar-refractivity contribution in [2.24, 2.45) is 0 Å². The molecule has 112 valence electrons. The second-order valence-corrected chi connectivity index (χ2v) is 7.15. The summed E-state index contributed by atoms with van der Waals surface area (Å²) in [6, 6.07) is 0. The fourth-order valence-corrected chi connectivity index (χ4v) is 3.06. The zero-order valence-corrected chi connectivity index (χ0v) is 15.2. The van der Waals surface area contributed by atoms with E-state index < -0.39 is 0 Å². The van der Waals surface area contributed by atoms with Gasteiger partial charge < -0.3 is 0 Å². The lowest BCUT2D eigenvalue weighted by Gasteiger charge is -1.94. The van der Waals surface area contributed by atoms with Gasteiger partial charge in [0.05, 0.1) is 16.5 Å². The highest BCUT2D eigenvalue weighted by atomic mass is 32.0. The molecule has 0 saturated carbocycles. The van der Waals surface area contributed by atoms with Crippen molar-refractivity contribution < 1.29 is 0 Å². The average molecular weight is 308 g/mol. The van der Waals surface area contributed by atoms with Crippen molar-refractivity contribution in [3.05, 3.63) is 0 Å². The average Bonchev–Trinajstić information content (AvgIpc) is 2.47. The van der Waals surface area contributed by atoms with Crippen LogP contribution < -0.4 is 0 Å². The van der Waals surface area contributed by atoms with Gasteiger partial charge in [-0.05, 0) is 12.8 Å². The summed E-state index contributed by atoms with van der Waals surface area (Å²) in [5, 5.41) is 0. The van der Waals surface area contributed by atoms with E-state index in [2.05, 4.69) is 37.0 Å². The molecular weight excluding hydrogens is 278 g/mol. The largest absolute Gasteiger partial charge is 0.0979 e. The minimum atomic E-state index is 1.07. The maximum Gasteiger partial charge on any atom is 0.0586 e. The Kier molecular flexibility index (Phi) is 19.0. The van der Waals surface area contributed by atoms with E-state index >= 15 is 0 Å². The molecule has 0 spiro atoms. The van der Waals surface area contributed by atoms with Gasteiger partial charge in [-0.25, -0.2) is 0 Å². The van der Waals surface area contributed by atoms with Crippen molar-refractivity contribution >= 4 is 16.5 Å². The van der Waals surface area contributed by atoms with Crippen molar-refractivity contribution in [2.75, 3.05) is 0 Å². The molecule has 0 amide bonds. The van der Waals surface area contributed by atoms with Gasteiger partial charge in [0.25, 0.3) is 0 Å². The number of hydrogen-bond acceptors (Lipinski definition) is 0. The van der Waals surface area contributed by atoms with Crippen molar-refractivity contribution in [3.63, 3.8) is 0 Å². The molecule has 0 fully saturated rings. The molecule has 2 heteroatoms. The maximum absolute atomic E-state index is 3.25. The molecule has 0 rings (SSSR count). The Hall–Kier alpha value is -0.0200.